The lowest BCUT2D eigenvalue weighted by molar-refractivity contribution is -0.142. The number of pyridine rings is 1. The molecule has 2 aromatic rings. The van der Waals surface area contributed by atoms with Gasteiger partial charge < -0.3 is 20.2 Å². The van der Waals surface area contributed by atoms with Gasteiger partial charge in [0.1, 0.15) is 34.8 Å². The molecule has 0 amide bonds. The summed E-state index contributed by atoms with van der Waals surface area (Å²) in [7, 11) is 1.25. The number of benzene rings is 1. The number of ether oxygens (including phenoxy) is 2. The molecule has 0 atom stereocenters. The van der Waals surface area contributed by atoms with Crippen molar-refractivity contribution in [1.82, 2.24) is 4.98 Å². The van der Waals surface area contributed by atoms with Crippen LogP contribution in [-0.2, 0) is 9.53 Å². The van der Waals surface area contributed by atoms with Gasteiger partial charge in [0, 0.05) is 5.56 Å². The van der Waals surface area contributed by atoms with Crippen LogP contribution in [0.25, 0.3) is 11.1 Å². The Kier molecular flexibility index (Phi) is 4.83. The Balaban J connectivity index is 2.46. The second kappa shape index (κ2) is 6.99. The van der Waals surface area contributed by atoms with Crippen molar-refractivity contribution in [2.45, 2.75) is 0 Å². The molecule has 0 aliphatic carbocycles. The molecule has 8 heteroatoms. The summed E-state index contributed by atoms with van der Waals surface area (Å²) in [5.74, 6) is -0.249. The van der Waals surface area contributed by atoms with Gasteiger partial charge >= 0.3 is 5.97 Å². The van der Waals surface area contributed by atoms with Crippen LogP contribution in [0.4, 0.5) is 5.82 Å². The predicted molar refractivity (Wildman–Crippen MR) is 83.9 cm³/mol. The number of esters is 1. The molecule has 0 saturated carbocycles. The van der Waals surface area contributed by atoms with E-state index in [1.807, 2.05) is 6.07 Å². The van der Waals surface area contributed by atoms with E-state index < -0.39 is 11.5 Å². The number of methoxy groups -OCH3 is 1. The lowest BCUT2D eigenvalue weighted by atomic mass is 9.97. The number of aromatic amines is 1. The van der Waals surface area contributed by atoms with Crippen LogP contribution in [0.15, 0.2) is 29.1 Å². The number of nitrogens with zero attached hydrogens (tertiary/aromatic N) is 2. The maximum atomic E-state index is 11.9. The fourth-order valence-electron chi connectivity index (χ4n) is 2.05. The third-order valence-corrected chi connectivity index (χ3v) is 3.20. The van der Waals surface area contributed by atoms with Crippen molar-refractivity contribution in [3.05, 3.63) is 45.7 Å². The van der Waals surface area contributed by atoms with Gasteiger partial charge in [0.05, 0.1) is 7.11 Å². The highest BCUT2D eigenvalue weighted by atomic mass is 16.6. The van der Waals surface area contributed by atoms with Gasteiger partial charge in [-0.05, 0) is 17.7 Å². The van der Waals surface area contributed by atoms with Crippen molar-refractivity contribution < 1.29 is 14.3 Å². The van der Waals surface area contributed by atoms with Crippen molar-refractivity contribution in [3.8, 4) is 29.0 Å². The first-order chi connectivity index (χ1) is 11.5. The molecule has 0 radical (unpaired) electrons. The summed E-state index contributed by atoms with van der Waals surface area (Å²) in [6.45, 7) is -0.249. The Hall–Kier alpha value is -3.78. The fourth-order valence-corrected chi connectivity index (χ4v) is 2.05. The van der Waals surface area contributed by atoms with E-state index >= 15 is 0 Å². The van der Waals surface area contributed by atoms with Crippen LogP contribution in [0.3, 0.4) is 0 Å². The first-order valence-corrected chi connectivity index (χ1v) is 6.67. The number of nitrogen functional groups attached to an aromatic ring is 1. The number of hydrogen-bond donors (Lipinski definition) is 2. The summed E-state index contributed by atoms with van der Waals surface area (Å²) in [6, 6.07) is 9.87. The van der Waals surface area contributed by atoms with E-state index in [2.05, 4.69) is 9.72 Å². The van der Waals surface area contributed by atoms with Crippen LogP contribution in [0.1, 0.15) is 11.1 Å². The van der Waals surface area contributed by atoms with Gasteiger partial charge in [-0.2, -0.15) is 10.5 Å². The van der Waals surface area contributed by atoms with Crippen LogP contribution in [0.5, 0.6) is 5.75 Å². The molecule has 120 valence electrons. The minimum Gasteiger partial charge on any atom is -0.482 e. The van der Waals surface area contributed by atoms with Crippen LogP contribution >= 0.6 is 0 Å². The molecule has 0 bridgehead atoms. The molecular formula is C16H12N4O4. The molecule has 1 heterocycles. The highest BCUT2D eigenvalue weighted by Gasteiger charge is 2.18. The number of H-pyrrole nitrogens is 1. The minimum absolute atomic E-state index is 0.00868. The van der Waals surface area contributed by atoms with E-state index in [0.29, 0.717) is 11.3 Å². The number of hydrogen-bond acceptors (Lipinski definition) is 7. The Bertz CT molecular complexity index is 917. The third kappa shape index (κ3) is 3.18. The normalized spacial score (nSPS) is 9.62. The summed E-state index contributed by atoms with van der Waals surface area (Å²) in [6.07, 6.45) is 0. The van der Waals surface area contributed by atoms with Crippen molar-refractivity contribution in [2.24, 2.45) is 0 Å². The standard InChI is InChI=1S/C16H12N4O4/c1-23-13(21)8-24-10-4-2-9(3-5-10)14-11(6-17)15(19)20-16(22)12(14)7-18/h2-5H,8H2,1H3,(H3,19,20,22). The molecule has 8 nitrogen and oxygen atoms in total. The highest BCUT2D eigenvalue weighted by molar-refractivity contribution is 5.80. The van der Waals surface area contributed by atoms with Gasteiger partial charge in [-0.3, -0.25) is 4.79 Å². The number of nitrogens with one attached hydrogen (secondary N) is 1. The van der Waals surface area contributed by atoms with Gasteiger partial charge in [-0.25, -0.2) is 4.79 Å². The minimum atomic E-state index is -0.671. The molecule has 0 fully saturated rings. The number of nitriles is 2. The Morgan fingerprint density at radius 3 is 2.38 bits per heavy atom. The van der Waals surface area contributed by atoms with Crippen LogP contribution < -0.4 is 16.0 Å². The predicted octanol–water partition coefficient (Wildman–Crippen LogP) is 0.919. The van der Waals surface area contributed by atoms with Crippen molar-refractivity contribution in [1.29, 1.82) is 10.5 Å². The van der Waals surface area contributed by atoms with Crippen molar-refractivity contribution >= 4 is 11.8 Å². The largest absolute Gasteiger partial charge is 0.482 e. The lowest BCUT2D eigenvalue weighted by Crippen LogP contribution is -2.16. The SMILES string of the molecule is COC(=O)COc1ccc(-c2c(C#N)c(N)[nH]c(=O)c2C#N)cc1. The summed E-state index contributed by atoms with van der Waals surface area (Å²) in [5, 5.41) is 18.5. The zero-order valence-corrected chi connectivity index (χ0v) is 12.6. The maximum Gasteiger partial charge on any atom is 0.343 e. The lowest BCUT2D eigenvalue weighted by Gasteiger charge is -2.10. The van der Waals surface area contributed by atoms with Gasteiger partial charge in [0.25, 0.3) is 5.56 Å². The van der Waals surface area contributed by atoms with Gasteiger partial charge in [-0.1, -0.05) is 12.1 Å². The summed E-state index contributed by atoms with van der Waals surface area (Å²) in [5.41, 5.74) is 5.39. The maximum absolute atomic E-state index is 11.9. The second-order valence-corrected chi connectivity index (χ2v) is 4.61. The number of anilines is 1. The van der Waals surface area contributed by atoms with E-state index in [4.69, 9.17) is 10.5 Å². The van der Waals surface area contributed by atoms with Gasteiger partial charge in [-0.15, -0.1) is 0 Å². The summed E-state index contributed by atoms with van der Waals surface area (Å²) in [4.78, 5) is 25.2. The number of carbonyl (C=O) groups excluding carboxylic acids is 1. The molecule has 3 N–H and O–H groups in total. The Labute approximate surface area is 136 Å². The molecule has 0 aliphatic rings. The molecule has 1 aromatic heterocycles. The molecule has 0 spiro atoms. The fraction of sp³-hybridized carbons (Fsp3) is 0.125. The zero-order chi connectivity index (χ0) is 17.7. The van der Waals surface area contributed by atoms with Crippen LogP contribution in [0.2, 0.25) is 0 Å². The molecule has 1 aromatic carbocycles. The Morgan fingerprint density at radius 2 is 1.83 bits per heavy atom. The summed E-state index contributed by atoms with van der Waals surface area (Å²) < 4.78 is 9.68. The quantitative estimate of drug-likeness (QED) is 0.796. The topological polar surface area (TPSA) is 142 Å². The van der Waals surface area contributed by atoms with Crippen molar-refractivity contribution in [3.63, 3.8) is 0 Å². The number of aromatic nitrogens is 1. The average Bonchev–Trinajstić information content (AvgIpc) is 2.59. The van der Waals surface area contributed by atoms with Crippen LogP contribution in [0, 0.1) is 22.7 Å². The van der Waals surface area contributed by atoms with E-state index in [1.54, 1.807) is 18.2 Å². The van der Waals surface area contributed by atoms with Crippen molar-refractivity contribution in [2.75, 3.05) is 19.5 Å². The molecule has 0 aliphatic heterocycles. The smallest absolute Gasteiger partial charge is 0.343 e. The van der Waals surface area contributed by atoms with E-state index in [-0.39, 0.29) is 29.1 Å². The number of nitrogens with two attached hydrogens (primary N) is 1. The first kappa shape index (κ1) is 16.6. The zero-order valence-electron chi connectivity index (χ0n) is 12.6. The summed E-state index contributed by atoms with van der Waals surface area (Å²) >= 11 is 0. The van der Waals surface area contributed by atoms with E-state index in [9.17, 15) is 20.1 Å². The molecule has 0 saturated heterocycles. The molecular weight excluding hydrogens is 312 g/mol. The highest BCUT2D eigenvalue weighted by Crippen LogP contribution is 2.29. The second-order valence-electron chi connectivity index (χ2n) is 4.61. The number of carbonyl (C=O) groups is 1. The Morgan fingerprint density at radius 1 is 1.21 bits per heavy atom. The van der Waals surface area contributed by atoms with E-state index in [0.717, 1.165) is 0 Å². The third-order valence-electron chi connectivity index (χ3n) is 3.20. The molecule has 24 heavy (non-hydrogen) atoms. The molecule has 2 rings (SSSR count). The average molecular weight is 324 g/mol. The van der Waals surface area contributed by atoms with Gasteiger partial charge in [0.15, 0.2) is 6.61 Å². The molecule has 0 unspecified atom stereocenters. The first-order valence-electron chi connectivity index (χ1n) is 6.67. The van der Waals surface area contributed by atoms with Crippen LogP contribution in [-0.4, -0.2) is 24.7 Å². The monoisotopic (exact) mass is 324 g/mol. The van der Waals surface area contributed by atoms with Gasteiger partial charge in [0.2, 0.25) is 0 Å². The van der Waals surface area contributed by atoms with E-state index in [1.165, 1.54) is 19.2 Å². The number of rotatable bonds is 4.